The highest BCUT2D eigenvalue weighted by molar-refractivity contribution is 6.09. The van der Waals surface area contributed by atoms with E-state index < -0.39 is 5.60 Å². The molecule has 0 saturated carbocycles. The second-order valence-electron chi connectivity index (χ2n) is 11.2. The lowest BCUT2D eigenvalue weighted by Crippen LogP contribution is -2.50. The summed E-state index contributed by atoms with van der Waals surface area (Å²) in [7, 11) is 0. The van der Waals surface area contributed by atoms with Crippen molar-refractivity contribution in [3.63, 3.8) is 0 Å². The van der Waals surface area contributed by atoms with E-state index in [9.17, 15) is 14.4 Å². The molecule has 9 heteroatoms. The topological polar surface area (TPSA) is 87.1 Å². The van der Waals surface area contributed by atoms with Gasteiger partial charge in [-0.2, -0.15) is 0 Å². The molecule has 36 heavy (non-hydrogen) atoms. The van der Waals surface area contributed by atoms with Gasteiger partial charge in [0.1, 0.15) is 5.60 Å². The Morgan fingerprint density at radius 3 is 2.31 bits per heavy atom. The number of nitrogens with one attached hydrogen (secondary N) is 1. The van der Waals surface area contributed by atoms with Gasteiger partial charge in [0.15, 0.2) is 0 Å². The van der Waals surface area contributed by atoms with Gasteiger partial charge in [-0.05, 0) is 64.7 Å². The lowest BCUT2D eigenvalue weighted by atomic mass is 9.97. The quantitative estimate of drug-likeness (QED) is 0.692. The number of carbonyl (C=O) groups is 3. The van der Waals surface area contributed by atoms with Gasteiger partial charge in [0.05, 0.1) is 11.2 Å². The number of aromatic nitrogens is 1. The van der Waals surface area contributed by atoms with Crippen LogP contribution in [0.1, 0.15) is 58.9 Å². The predicted molar refractivity (Wildman–Crippen MR) is 138 cm³/mol. The molecule has 3 aliphatic rings. The molecular formula is C27H37N5O4. The average molecular weight is 496 g/mol. The van der Waals surface area contributed by atoms with Crippen LogP contribution in [0, 0.1) is 0 Å². The molecule has 4 heterocycles. The minimum absolute atomic E-state index is 0.202. The van der Waals surface area contributed by atoms with Crippen LogP contribution >= 0.6 is 0 Å². The van der Waals surface area contributed by atoms with Crippen LogP contribution in [0.4, 0.5) is 15.3 Å². The Balaban J connectivity index is 1.20. The molecule has 0 aliphatic carbocycles. The van der Waals surface area contributed by atoms with E-state index in [0.29, 0.717) is 25.0 Å². The smallest absolute Gasteiger partial charge is 0.410 e. The molecule has 9 nitrogen and oxygen atoms in total. The molecule has 0 radical (unpaired) electrons. The van der Waals surface area contributed by atoms with Crippen molar-refractivity contribution in [3.8, 4) is 0 Å². The Labute approximate surface area is 212 Å². The summed E-state index contributed by atoms with van der Waals surface area (Å²) in [6, 6.07) is 8.72. The molecule has 2 aromatic rings. The summed E-state index contributed by atoms with van der Waals surface area (Å²) in [6.07, 6.45) is 6.36. The standard InChI is InChI=1S/C27H37N5O4/c1-27(2,3)36-26(35)30-15-7-19(8-16-30)29-13-9-20(10-14-29)31-17-11-21-22(31)5-4-6-23(21)32-18-12-24(33)28-25(32)34/h4-6,11,17,19-20H,7-10,12-16,18H2,1-3H3,(H,28,33,34). The van der Waals surface area contributed by atoms with E-state index in [1.807, 2.05) is 37.8 Å². The number of amides is 4. The van der Waals surface area contributed by atoms with Gasteiger partial charge in [-0.25, -0.2) is 9.59 Å². The van der Waals surface area contributed by atoms with Gasteiger partial charge in [0.2, 0.25) is 5.91 Å². The molecule has 0 spiro atoms. The van der Waals surface area contributed by atoms with Crippen LogP contribution in [-0.2, 0) is 9.53 Å². The second kappa shape index (κ2) is 9.76. The van der Waals surface area contributed by atoms with Crippen molar-refractivity contribution in [2.24, 2.45) is 0 Å². The van der Waals surface area contributed by atoms with Crippen molar-refractivity contribution in [2.75, 3.05) is 37.6 Å². The summed E-state index contributed by atoms with van der Waals surface area (Å²) in [5.41, 5.74) is 1.52. The number of carbonyl (C=O) groups excluding carboxylic acids is 3. The molecule has 0 atom stereocenters. The summed E-state index contributed by atoms with van der Waals surface area (Å²) >= 11 is 0. The molecule has 3 fully saturated rings. The number of urea groups is 1. The van der Waals surface area contributed by atoms with E-state index >= 15 is 0 Å². The number of nitrogens with zero attached hydrogens (tertiary/aromatic N) is 4. The van der Waals surface area contributed by atoms with Gasteiger partial charge in [-0.1, -0.05) is 6.07 Å². The Morgan fingerprint density at radius 2 is 1.64 bits per heavy atom. The first kappa shape index (κ1) is 24.6. The molecule has 194 valence electrons. The second-order valence-corrected chi connectivity index (χ2v) is 11.2. The minimum atomic E-state index is -0.460. The zero-order chi connectivity index (χ0) is 25.4. The molecule has 4 amide bonds. The van der Waals surface area contributed by atoms with Gasteiger partial charge in [0.25, 0.3) is 0 Å². The summed E-state index contributed by atoms with van der Waals surface area (Å²) in [4.78, 5) is 42.5. The van der Waals surface area contributed by atoms with Gasteiger partial charge in [-0.3, -0.25) is 15.0 Å². The maximum atomic E-state index is 12.4. The van der Waals surface area contributed by atoms with E-state index in [2.05, 4.69) is 33.1 Å². The first-order chi connectivity index (χ1) is 17.2. The monoisotopic (exact) mass is 495 g/mol. The average Bonchev–Trinajstić information content (AvgIpc) is 3.28. The molecule has 5 rings (SSSR count). The first-order valence-electron chi connectivity index (χ1n) is 13.1. The maximum Gasteiger partial charge on any atom is 0.410 e. The number of hydrogen-bond donors (Lipinski definition) is 1. The molecule has 3 aliphatic heterocycles. The molecule has 0 unspecified atom stereocenters. The maximum absolute atomic E-state index is 12.4. The lowest BCUT2D eigenvalue weighted by molar-refractivity contribution is -0.120. The van der Waals surface area contributed by atoms with Crippen molar-refractivity contribution >= 4 is 34.6 Å². The van der Waals surface area contributed by atoms with Crippen molar-refractivity contribution in [3.05, 3.63) is 30.5 Å². The third-order valence-electron chi connectivity index (χ3n) is 7.61. The number of rotatable bonds is 3. The van der Waals surface area contributed by atoms with E-state index in [0.717, 1.165) is 68.5 Å². The Morgan fingerprint density at radius 1 is 0.944 bits per heavy atom. The lowest BCUT2D eigenvalue weighted by Gasteiger charge is -2.42. The number of anilines is 1. The molecular weight excluding hydrogens is 458 g/mol. The first-order valence-corrected chi connectivity index (χ1v) is 13.1. The van der Waals surface area contributed by atoms with Crippen LogP contribution < -0.4 is 10.2 Å². The summed E-state index contributed by atoms with van der Waals surface area (Å²) < 4.78 is 7.89. The number of hydrogen-bond acceptors (Lipinski definition) is 5. The molecule has 0 bridgehead atoms. The third kappa shape index (κ3) is 5.07. The normalized spacial score (nSPS) is 21.2. The molecule has 3 saturated heterocycles. The van der Waals surface area contributed by atoms with Crippen LogP contribution in [0.5, 0.6) is 0 Å². The zero-order valence-electron chi connectivity index (χ0n) is 21.5. The van der Waals surface area contributed by atoms with Gasteiger partial charge >= 0.3 is 12.1 Å². The van der Waals surface area contributed by atoms with E-state index in [1.54, 1.807) is 4.90 Å². The van der Waals surface area contributed by atoms with E-state index in [4.69, 9.17) is 4.74 Å². The van der Waals surface area contributed by atoms with Gasteiger partial charge < -0.3 is 19.1 Å². The van der Waals surface area contributed by atoms with Crippen LogP contribution in [0.3, 0.4) is 0 Å². The largest absolute Gasteiger partial charge is 0.444 e. The highest BCUT2D eigenvalue weighted by Crippen LogP contribution is 2.34. The SMILES string of the molecule is CC(C)(C)OC(=O)N1CCC(N2CCC(n3ccc4c(N5CCC(=O)NC5=O)cccc43)CC2)CC1. The number of fused-ring (bicyclic) bond motifs is 1. The Kier molecular flexibility index (Phi) is 6.68. The number of likely N-dealkylation sites (tertiary alicyclic amines) is 2. The van der Waals surface area contributed by atoms with Gasteiger partial charge in [-0.15, -0.1) is 0 Å². The minimum Gasteiger partial charge on any atom is -0.444 e. The van der Waals surface area contributed by atoms with Crippen molar-refractivity contribution in [1.82, 2.24) is 19.7 Å². The van der Waals surface area contributed by atoms with Crippen molar-refractivity contribution in [2.45, 2.75) is 70.6 Å². The van der Waals surface area contributed by atoms with E-state index in [1.165, 1.54) is 0 Å². The summed E-state index contributed by atoms with van der Waals surface area (Å²) in [5, 5.41) is 3.47. The number of imide groups is 1. The van der Waals surface area contributed by atoms with Gasteiger partial charge in [0, 0.05) is 62.8 Å². The Hall–Kier alpha value is -3.07. The fourth-order valence-electron chi connectivity index (χ4n) is 5.79. The number of piperidine rings is 2. The highest BCUT2D eigenvalue weighted by Gasteiger charge is 2.32. The summed E-state index contributed by atoms with van der Waals surface area (Å²) in [5.74, 6) is -0.219. The Bertz CT molecular complexity index is 1140. The molecule has 1 aromatic heterocycles. The number of benzene rings is 1. The highest BCUT2D eigenvalue weighted by atomic mass is 16.6. The molecule has 1 N–H and O–H groups in total. The van der Waals surface area contributed by atoms with Crippen LogP contribution in [0.2, 0.25) is 0 Å². The van der Waals surface area contributed by atoms with Crippen LogP contribution in [0.15, 0.2) is 30.5 Å². The summed E-state index contributed by atoms with van der Waals surface area (Å²) in [6.45, 7) is 9.70. The zero-order valence-corrected chi connectivity index (χ0v) is 21.5. The van der Waals surface area contributed by atoms with Crippen LogP contribution in [0.25, 0.3) is 10.9 Å². The fraction of sp³-hybridized carbons (Fsp3) is 0.593. The molecule has 1 aromatic carbocycles. The van der Waals surface area contributed by atoms with Crippen LogP contribution in [-0.4, -0.2) is 76.8 Å². The fourth-order valence-corrected chi connectivity index (χ4v) is 5.79. The van der Waals surface area contributed by atoms with Crippen molar-refractivity contribution in [1.29, 1.82) is 0 Å². The number of ether oxygens (including phenoxy) is 1. The third-order valence-corrected chi connectivity index (χ3v) is 7.61. The predicted octanol–water partition coefficient (Wildman–Crippen LogP) is 4.12. The van der Waals surface area contributed by atoms with Crippen molar-refractivity contribution < 1.29 is 19.1 Å². The van der Waals surface area contributed by atoms with E-state index in [-0.39, 0.29) is 18.0 Å².